The molecule has 0 aliphatic carbocycles. The van der Waals surface area contributed by atoms with Crippen LogP contribution in [0.3, 0.4) is 0 Å². The first kappa shape index (κ1) is 14.2. The Hall–Kier alpha value is -2.76. The molecule has 0 radical (unpaired) electrons. The van der Waals surface area contributed by atoms with Crippen LogP contribution in [0.5, 0.6) is 0 Å². The predicted octanol–water partition coefficient (Wildman–Crippen LogP) is 3.06. The molecule has 0 bridgehead atoms. The van der Waals surface area contributed by atoms with Crippen molar-refractivity contribution in [2.45, 2.75) is 26.7 Å². The maximum Gasteiger partial charge on any atom is 0.183 e. The molecule has 2 aromatic heterocycles. The molecule has 6 nitrogen and oxygen atoms in total. The Labute approximate surface area is 128 Å². The highest BCUT2D eigenvalue weighted by molar-refractivity contribution is 5.55. The van der Waals surface area contributed by atoms with Crippen molar-refractivity contribution in [2.24, 2.45) is 0 Å². The van der Waals surface area contributed by atoms with E-state index in [1.54, 1.807) is 0 Å². The van der Waals surface area contributed by atoms with Crippen molar-refractivity contribution in [1.29, 1.82) is 0 Å². The van der Waals surface area contributed by atoms with E-state index in [4.69, 9.17) is 4.42 Å². The fraction of sp³-hybridized carbons (Fsp3) is 0.250. The SMILES string of the molecule is CCc1ocnc1Nc1nc(Cc2ccccc2)nnc1C. The van der Waals surface area contributed by atoms with Crippen LogP contribution in [0.15, 0.2) is 41.1 Å². The summed E-state index contributed by atoms with van der Waals surface area (Å²) in [5.74, 6) is 2.80. The first-order valence-electron chi connectivity index (χ1n) is 7.19. The number of hydrogen-bond donors (Lipinski definition) is 1. The van der Waals surface area contributed by atoms with Crippen LogP contribution >= 0.6 is 0 Å². The Bertz CT molecular complexity index is 754. The van der Waals surface area contributed by atoms with Gasteiger partial charge in [0.05, 0.1) is 0 Å². The largest absolute Gasteiger partial charge is 0.446 e. The summed E-state index contributed by atoms with van der Waals surface area (Å²) < 4.78 is 5.31. The van der Waals surface area contributed by atoms with Crippen molar-refractivity contribution < 1.29 is 4.42 Å². The van der Waals surface area contributed by atoms with E-state index in [1.807, 2.05) is 44.2 Å². The minimum atomic E-state index is 0.641. The fourth-order valence-electron chi connectivity index (χ4n) is 2.12. The first-order chi connectivity index (χ1) is 10.8. The van der Waals surface area contributed by atoms with Crippen molar-refractivity contribution in [1.82, 2.24) is 20.2 Å². The van der Waals surface area contributed by atoms with E-state index in [0.717, 1.165) is 23.4 Å². The van der Waals surface area contributed by atoms with Gasteiger partial charge >= 0.3 is 0 Å². The van der Waals surface area contributed by atoms with Crippen LogP contribution < -0.4 is 5.32 Å². The number of aryl methyl sites for hydroxylation is 2. The molecule has 0 saturated heterocycles. The van der Waals surface area contributed by atoms with Crippen LogP contribution in [0.4, 0.5) is 11.6 Å². The molecular weight excluding hydrogens is 278 g/mol. The van der Waals surface area contributed by atoms with E-state index in [0.29, 0.717) is 23.9 Å². The molecule has 1 aromatic carbocycles. The van der Waals surface area contributed by atoms with Gasteiger partial charge in [-0.3, -0.25) is 0 Å². The van der Waals surface area contributed by atoms with Crippen molar-refractivity contribution >= 4 is 11.6 Å². The summed E-state index contributed by atoms with van der Waals surface area (Å²) in [6.45, 7) is 3.87. The zero-order valence-electron chi connectivity index (χ0n) is 12.6. The smallest absolute Gasteiger partial charge is 0.183 e. The Morgan fingerprint density at radius 1 is 1.09 bits per heavy atom. The number of oxazole rings is 1. The minimum Gasteiger partial charge on any atom is -0.446 e. The van der Waals surface area contributed by atoms with E-state index < -0.39 is 0 Å². The summed E-state index contributed by atoms with van der Waals surface area (Å²) in [6, 6.07) is 10.1. The molecule has 1 N–H and O–H groups in total. The van der Waals surface area contributed by atoms with Crippen LogP contribution in [-0.2, 0) is 12.8 Å². The maximum atomic E-state index is 5.31. The maximum absolute atomic E-state index is 5.31. The predicted molar refractivity (Wildman–Crippen MR) is 83.0 cm³/mol. The van der Waals surface area contributed by atoms with Crippen molar-refractivity contribution in [3.8, 4) is 0 Å². The number of aromatic nitrogens is 4. The van der Waals surface area contributed by atoms with Gasteiger partial charge in [-0.2, -0.15) is 10.1 Å². The van der Waals surface area contributed by atoms with Gasteiger partial charge in [0, 0.05) is 12.8 Å². The summed E-state index contributed by atoms with van der Waals surface area (Å²) in [5, 5.41) is 11.5. The Morgan fingerprint density at radius 3 is 2.68 bits per heavy atom. The summed E-state index contributed by atoms with van der Waals surface area (Å²) in [5.41, 5.74) is 1.87. The molecule has 3 aromatic rings. The highest BCUT2D eigenvalue weighted by Gasteiger charge is 2.11. The number of hydrogen-bond acceptors (Lipinski definition) is 6. The van der Waals surface area contributed by atoms with Gasteiger partial charge in [-0.15, -0.1) is 5.10 Å². The Kier molecular flexibility index (Phi) is 4.09. The molecule has 0 saturated carbocycles. The van der Waals surface area contributed by atoms with Crippen molar-refractivity contribution in [2.75, 3.05) is 5.32 Å². The molecule has 112 valence electrons. The summed E-state index contributed by atoms with van der Waals surface area (Å²) in [6.07, 6.45) is 2.83. The number of rotatable bonds is 5. The highest BCUT2D eigenvalue weighted by atomic mass is 16.3. The Morgan fingerprint density at radius 2 is 1.91 bits per heavy atom. The lowest BCUT2D eigenvalue weighted by atomic mass is 10.1. The van der Waals surface area contributed by atoms with Gasteiger partial charge in [-0.05, 0) is 12.5 Å². The second-order valence-electron chi connectivity index (χ2n) is 4.93. The molecule has 0 amide bonds. The van der Waals surface area contributed by atoms with E-state index in [1.165, 1.54) is 6.39 Å². The van der Waals surface area contributed by atoms with E-state index in [9.17, 15) is 0 Å². The first-order valence-corrected chi connectivity index (χ1v) is 7.19. The van der Waals surface area contributed by atoms with E-state index >= 15 is 0 Å². The molecule has 2 heterocycles. The van der Waals surface area contributed by atoms with Gasteiger partial charge in [0.25, 0.3) is 0 Å². The number of nitrogens with zero attached hydrogens (tertiary/aromatic N) is 4. The zero-order valence-corrected chi connectivity index (χ0v) is 12.6. The standard InChI is InChI=1S/C16H17N5O/c1-3-13-16(17-10-22-13)19-15-11(2)20-21-14(18-15)9-12-7-5-4-6-8-12/h4-8,10H,3,9H2,1-2H3,(H,18,19,21). The monoisotopic (exact) mass is 295 g/mol. The second kappa shape index (κ2) is 6.34. The van der Waals surface area contributed by atoms with Crippen molar-refractivity contribution in [3.63, 3.8) is 0 Å². The van der Waals surface area contributed by atoms with Gasteiger partial charge in [-0.25, -0.2) is 4.98 Å². The lowest BCUT2D eigenvalue weighted by molar-refractivity contribution is 0.511. The number of benzene rings is 1. The van der Waals surface area contributed by atoms with Crippen LogP contribution in [-0.4, -0.2) is 20.2 Å². The molecule has 0 fully saturated rings. The summed E-state index contributed by atoms with van der Waals surface area (Å²) in [7, 11) is 0. The topological polar surface area (TPSA) is 76.7 Å². The normalized spacial score (nSPS) is 10.6. The molecule has 6 heteroatoms. The average Bonchev–Trinajstić information content (AvgIpc) is 2.99. The van der Waals surface area contributed by atoms with Gasteiger partial charge < -0.3 is 9.73 Å². The molecule has 0 atom stereocenters. The van der Waals surface area contributed by atoms with Crippen LogP contribution in [0, 0.1) is 6.92 Å². The van der Waals surface area contributed by atoms with Crippen LogP contribution in [0.2, 0.25) is 0 Å². The highest BCUT2D eigenvalue weighted by Crippen LogP contribution is 2.20. The number of nitrogens with one attached hydrogen (secondary N) is 1. The zero-order chi connectivity index (χ0) is 15.4. The van der Waals surface area contributed by atoms with Gasteiger partial charge in [0.2, 0.25) is 0 Å². The van der Waals surface area contributed by atoms with Gasteiger partial charge in [0.1, 0.15) is 11.5 Å². The molecule has 3 rings (SSSR count). The van der Waals surface area contributed by atoms with Crippen LogP contribution in [0.25, 0.3) is 0 Å². The lowest BCUT2D eigenvalue weighted by Crippen LogP contribution is -2.07. The molecule has 22 heavy (non-hydrogen) atoms. The average molecular weight is 295 g/mol. The molecular formula is C16H17N5O. The molecule has 0 unspecified atom stereocenters. The van der Waals surface area contributed by atoms with E-state index in [2.05, 4.69) is 25.5 Å². The van der Waals surface area contributed by atoms with Crippen molar-refractivity contribution in [3.05, 3.63) is 59.6 Å². The molecule has 0 aliphatic rings. The summed E-state index contributed by atoms with van der Waals surface area (Å²) in [4.78, 5) is 8.72. The third kappa shape index (κ3) is 3.11. The Balaban J connectivity index is 1.84. The van der Waals surface area contributed by atoms with E-state index in [-0.39, 0.29) is 0 Å². The van der Waals surface area contributed by atoms with Gasteiger partial charge in [0.15, 0.2) is 23.9 Å². The lowest BCUT2D eigenvalue weighted by Gasteiger charge is -2.07. The molecule has 0 spiro atoms. The third-order valence-electron chi connectivity index (χ3n) is 3.30. The molecule has 0 aliphatic heterocycles. The third-order valence-corrected chi connectivity index (χ3v) is 3.30. The van der Waals surface area contributed by atoms with Crippen LogP contribution in [0.1, 0.15) is 29.8 Å². The number of anilines is 2. The fourth-order valence-corrected chi connectivity index (χ4v) is 2.12. The van der Waals surface area contributed by atoms with Gasteiger partial charge in [-0.1, -0.05) is 37.3 Å². The quantitative estimate of drug-likeness (QED) is 0.779. The second-order valence-corrected chi connectivity index (χ2v) is 4.93. The minimum absolute atomic E-state index is 0.641. The summed E-state index contributed by atoms with van der Waals surface area (Å²) >= 11 is 0.